The Labute approximate surface area is 753 Å². The highest BCUT2D eigenvalue weighted by Gasteiger charge is 2.38. The van der Waals surface area contributed by atoms with Crippen LogP contribution in [0.4, 0.5) is 35.9 Å². The first-order chi connectivity index (χ1) is 64.9. The van der Waals surface area contributed by atoms with E-state index >= 15 is 0 Å². The smallest absolute Gasteiger partial charge is 0.291 e. The number of furan rings is 4. The molecule has 0 bridgehead atoms. The fourth-order valence-corrected chi connectivity index (χ4v) is 14.8. The number of aromatic amines is 4. The molecule has 20 rings (SSSR count). The van der Waals surface area contributed by atoms with Crippen LogP contribution in [-0.4, -0.2) is 197 Å². The van der Waals surface area contributed by atoms with Crippen molar-refractivity contribution < 1.29 is 88.8 Å². The summed E-state index contributed by atoms with van der Waals surface area (Å²) in [7, 11) is 0. The summed E-state index contributed by atoms with van der Waals surface area (Å²) in [6.45, 7) is 10.1. The number of hydrogen-bond donors (Lipinski definition) is 10. The van der Waals surface area contributed by atoms with Gasteiger partial charge < -0.3 is 68.1 Å². The molecule has 0 aromatic carbocycles. The number of anilines is 4. The zero-order valence-electron chi connectivity index (χ0n) is 71.7. The molecule has 4 fully saturated rings. The van der Waals surface area contributed by atoms with Gasteiger partial charge in [0.15, 0.2) is 28.9 Å². The Morgan fingerprint density at radius 3 is 0.955 bits per heavy atom. The number of carbonyl (C=O) groups excluding carboxylic acids is 4. The maximum absolute atomic E-state index is 14.5. The van der Waals surface area contributed by atoms with Crippen LogP contribution in [0.3, 0.4) is 0 Å². The van der Waals surface area contributed by atoms with Crippen LogP contribution in [0.5, 0.6) is 0 Å². The minimum atomic E-state index is -0.620. The number of halogens is 3. The molecule has 16 heterocycles. The first-order valence-electron chi connectivity index (χ1n) is 42.3. The number of carbonyl (C=O) groups is 6. The van der Waals surface area contributed by atoms with Crippen LogP contribution in [0, 0.1) is 17.7 Å². The first-order valence-corrected chi connectivity index (χ1v) is 42.3. The standard InChI is InChI=1S/3C22H21FN6O3.C22H22N6O3.2CH2O2/c1-2-31-15-8-14(9-15)29-12-17(21(28-29)20-16(23)4-3-7-24-20)27-22(30)19-6-5-18(32-19)13-10-25-26-11-13;2*1-2-31-15-8-14(9-15)29-12-17(21(28-29)16-4-3-5-20(23)26-16)27-22(30)19-7-6-18(32-19)13-10-24-25-11-13;1-2-30-16-9-15(10-16)28-13-18(21(27-28)17-5-3-4-8-23-17)26-22(29)20-7-6-19(31-20)14-11-24-25-12-14;2*2-1-3/h3-7,10-12,14-15H,2,8-9H2,1H3,(H,25,26)(H,27,30);2*3-7,10-12,14-15H,2,8-9H2,1H3,(H,24,25)(H,27,30);3-8,11-13,15-16H,2,9-10H2,1H3,(H,24,25)(H,26,29);2*1H,(H,2,3). The number of amides is 4. The highest BCUT2D eigenvalue weighted by Crippen LogP contribution is 2.43. The molecule has 16 aromatic heterocycles. The third kappa shape index (κ3) is 22.4. The van der Waals surface area contributed by atoms with Crippen molar-refractivity contribution in [1.29, 1.82) is 0 Å². The van der Waals surface area contributed by atoms with E-state index in [4.69, 9.17) is 61.5 Å². The molecule has 0 aliphatic heterocycles. The van der Waals surface area contributed by atoms with Gasteiger partial charge in [0.1, 0.15) is 51.5 Å². The molecule has 4 aliphatic rings. The van der Waals surface area contributed by atoms with E-state index in [1.54, 1.807) is 161 Å². The number of pyridine rings is 4. The minimum Gasteiger partial charge on any atom is -0.483 e. The van der Waals surface area contributed by atoms with E-state index in [1.165, 1.54) is 30.5 Å². The van der Waals surface area contributed by atoms with E-state index < -0.39 is 35.4 Å². The zero-order valence-corrected chi connectivity index (χ0v) is 71.7. The van der Waals surface area contributed by atoms with E-state index in [-0.39, 0.29) is 102 Å². The molecule has 40 nitrogen and oxygen atoms in total. The van der Waals surface area contributed by atoms with Gasteiger partial charge >= 0.3 is 0 Å². The average Bonchev–Trinajstić information content (AvgIpc) is 1.65. The number of aromatic nitrogens is 20. The lowest BCUT2D eigenvalue weighted by atomic mass is 9.89. The molecule has 4 saturated carbocycles. The van der Waals surface area contributed by atoms with Crippen molar-refractivity contribution in [3.05, 3.63) is 243 Å². The summed E-state index contributed by atoms with van der Waals surface area (Å²) >= 11 is 0. The van der Waals surface area contributed by atoms with Crippen molar-refractivity contribution in [2.24, 2.45) is 0 Å². The molecule has 0 spiro atoms. The van der Waals surface area contributed by atoms with Crippen molar-refractivity contribution in [2.75, 3.05) is 47.7 Å². The van der Waals surface area contributed by atoms with Gasteiger partial charge in [0.25, 0.3) is 36.6 Å². The van der Waals surface area contributed by atoms with Crippen molar-refractivity contribution in [3.8, 4) is 90.8 Å². The fourth-order valence-electron chi connectivity index (χ4n) is 14.8. The van der Waals surface area contributed by atoms with Crippen LogP contribution in [-0.2, 0) is 28.5 Å². The Bertz CT molecular complexity index is 6300. The summed E-state index contributed by atoms with van der Waals surface area (Å²) in [5.41, 5.74) is 7.84. The quantitative estimate of drug-likeness (QED) is 0.0161. The second kappa shape index (κ2) is 43.3. The second-order valence-corrected chi connectivity index (χ2v) is 30.2. The Morgan fingerprint density at radius 2 is 0.677 bits per heavy atom. The third-order valence-corrected chi connectivity index (χ3v) is 21.6. The van der Waals surface area contributed by atoms with Crippen LogP contribution in [0.1, 0.15) is 145 Å². The molecule has 43 heteroatoms. The normalized spacial score (nSPS) is 17.2. The lowest BCUT2D eigenvalue weighted by Crippen LogP contribution is -2.33. The molecule has 4 amide bonds. The predicted molar refractivity (Wildman–Crippen MR) is 471 cm³/mol. The molecule has 10 N–H and O–H groups in total. The first kappa shape index (κ1) is 91.6. The number of nitrogens with zero attached hydrogens (tertiary/aromatic N) is 16. The third-order valence-electron chi connectivity index (χ3n) is 21.6. The Hall–Kier alpha value is -16.2. The molecule has 0 atom stereocenters. The van der Waals surface area contributed by atoms with Gasteiger partial charge in [0, 0.05) is 88.4 Å². The SMILES string of the molecule is CCOC1CC(n2cc(NC(=O)c3ccc(-c4cn[nH]c4)o3)c(-c3cccc(F)n3)n2)C1.CCOC1CC(n2cc(NC(=O)c3ccc(-c4cn[nH]c4)o3)c(-c3cccc(F)n3)n2)C1.CCOC1CC(n2cc(NC(=O)c3ccc(-c4cn[nH]c4)o3)c(-c3ccccn3)n2)C1.CCOC1CC(n2cc(NC(=O)c3ccc(-c4cn[nH]c4)o3)c(-c3ncccc3F)n2)C1.O=CO.O=CO. The summed E-state index contributed by atoms with van der Waals surface area (Å²) in [4.78, 5) is 84.6. The van der Waals surface area contributed by atoms with Gasteiger partial charge in [-0.3, -0.25) is 77.9 Å². The van der Waals surface area contributed by atoms with Crippen molar-refractivity contribution in [3.63, 3.8) is 0 Å². The van der Waals surface area contributed by atoms with Crippen LogP contribution < -0.4 is 21.3 Å². The van der Waals surface area contributed by atoms with Gasteiger partial charge in [-0.2, -0.15) is 49.6 Å². The van der Waals surface area contributed by atoms with E-state index in [0.29, 0.717) is 106 Å². The van der Waals surface area contributed by atoms with Crippen molar-refractivity contribution in [2.45, 2.75) is 128 Å². The summed E-state index contributed by atoms with van der Waals surface area (Å²) in [5, 5.41) is 70.0. The monoisotopic (exact) mass is 1820 g/mol. The van der Waals surface area contributed by atoms with Crippen LogP contribution >= 0.6 is 0 Å². The lowest BCUT2D eigenvalue weighted by Gasteiger charge is -2.34. The molecule has 0 saturated heterocycles. The summed E-state index contributed by atoms with van der Waals surface area (Å²) in [6, 6.07) is 31.2. The Morgan fingerprint density at radius 1 is 0.383 bits per heavy atom. The van der Waals surface area contributed by atoms with Gasteiger partial charge in [-0.25, -0.2) is 14.4 Å². The number of H-pyrrole nitrogens is 4. The molecular formula is C90H89F3N24O16. The Balaban J connectivity index is 0.000000133. The Kier molecular flexibility index (Phi) is 29.8. The summed E-state index contributed by atoms with van der Waals surface area (Å²) in [6.07, 6.45) is 31.0. The highest BCUT2D eigenvalue weighted by atomic mass is 19.1. The fraction of sp³-hybridized carbons (Fsp3) is 0.267. The van der Waals surface area contributed by atoms with E-state index in [1.807, 2.05) is 56.8 Å². The van der Waals surface area contributed by atoms with E-state index in [0.717, 1.165) is 73.6 Å². The lowest BCUT2D eigenvalue weighted by molar-refractivity contribution is -0.123. The molecule has 0 unspecified atom stereocenters. The van der Waals surface area contributed by atoms with Crippen LogP contribution in [0.15, 0.2) is 220 Å². The average molecular weight is 1820 g/mol. The van der Waals surface area contributed by atoms with E-state index in [9.17, 15) is 32.3 Å². The highest BCUT2D eigenvalue weighted by molar-refractivity contribution is 6.07. The molecular weight excluding hydrogens is 1730 g/mol. The van der Waals surface area contributed by atoms with E-state index in [2.05, 4.69) is 97.3 Å². The molecule has 0 radical (unpaired) electrons. The van der Waals surface area contributed by atoms with Gasteiger partial charge in [-0.1, -0.05) is 18.2 Å². The van der Waals surface area contributed by atoms with Crippen LogP contribution in [0.2, 0.25) is 0 Å². The van der Waals surface area contributed by atoms with Gasteiger partial charge in [-0.05, 0) is 176 Å². The van der Waals surface area contributed by atoms with Crippen molar-refractivity contribution >= 4 is 59.3 Å². The summed E-state index contributed by atoms with van der Waals surface area (Å²) in [5.74, 6) is -0.795. The van der Waals surface area contributed by atoms with Crippen molar-refractivity contribution in [1.82, 2.24) is 99.8 Å². The second-order valence-electron chi connectivity index (χ2n) is 30.2. The maximum Gasteiger partial charge on any atom is 0.291 e. The number of ether oxygens (including phenoxy) is 4. The van der Waals surface area contributed by atoms with Crippen LogP contribution in [0.25, 0.3) is 90.8 Å². The van der Waals surface area contributed by atoms with Gasteiger partial charge in [0.2, 0.25) is 11.9 Å². The van der Waals surface area contributed by atoms with Gasteiger partial charge in [0.05, 0.1) is 135 Å². The zero-order chi connectivity index (χ0) is 92.9. The number of rotatable bonds is 28. The predicted octanol–water partition coefficient (Wildman–Crippen LogP) is 15.5. The van der Waals surface area contributed by atoms with Gasteiger partial charge in [-0.15, -0.1) is 0 Å². The molecule has 16 aromatic rings. The largest absolute Gasteiger partial charge is 0.483 e. The number of hydrogen-bond acceptors (Lipinski definition) is 26. The number of carboxylic acid groups (broad SMARTS) is 2. The molecule has 686 valence electrons. The molecule has 133 heavy (non-hydrogen) atoms. The topological polar surface area (TPSA) is 518 Å². The maximum atomic E-state index is 14.5. The molecule has 4 aliphatic carbocycles. The minimum absolute atomic E-state index is 0.0702. The summed E-state index contributed by atoms with van der Waals surface area (Å²) < 4.78 is 94.4. The number of nitrogens with one attached hydrogen (secondary N) is 8.